The van der Waals surface area contributed by atoms with Crippen LogP contribution in [-0.2, 0) is 25.7 Å². The average molecular weight is 389 g/mol. The van der Waals surface area contributed by atoms with Gasteiger partial charge in [0.25, 0.3) is 5.91 Å². The number of benzene rings is 1. The van der Waals surface area contributed by atoms with Crippen molar-refractivity contribution in [1.29, 1.82) is 0 Å². The van der Waals surface area contributed by atoms with Gasteiger partial charge in [-0.25, -0.2) is 0 Å². The van der Waals surface area contributed by atoms with Gasteiger partial charge in [-0.2, -0.15) is 0 Å². The van der Waals surface area contributed by atoms with E-state index in [4.69, 9.17) is 4.74 Å². The molecule has 8 nitrogen and oxygen atoms in total. The normalized spacial score (nSPS) is 15.1. The number of carbonyl (C=O) groups is 3. The molecule has 0 fully saturated rings. The zero-order chi connectivity index (χ0) is 19.8. The lowest BCUT2D eigenvalue weighted by Gasteiger charge is -2.41. The van der Waals surface area contributed by atoms with Crippen LogP contribution in [0.4, 0.5) is 11.4 Å². The standard InChI is InChI=1S/C18H19N3O5S/c1-11-10-27-17(25)20(11)8-15(23)26-9-14(22)21-13-7-5-4-6-12(13)19-16(24)18(21,2)3/h4-7,10H,8-9H2,1-3H3,(H,19,24). The summed E-state index contributed by atoms with van der Waals surface area (Å²) in [4.78, 5) is 49.9. The molecule has 9 heteroatoms. The molecule has 27 heavy (non-hydrogen) atoms. The van der Waals surface area contributed by atoms with Crippen LogP contribution >= 0.6 is 11.3 Å². The number of aromatic nitrogens is 1. The Morgan fingerprint density at radius 2 is 1.93 bits per heavy atom. The summed E-state index contributed by atoms with van der Waals surface area (Å²) in [5.41, 5.74) is 0.560. The van der Waals surface area contributed by atoms with E-state index in [0.717, 1.165) is 11.3 Å². The Morgan fingerprint density at radius 3 is 2.59 bits per heavy atom. The number of rotatable bonds is 4. The molecular formula is C18H19N3O5S. The van der Waals surface area contributed by atoms with Crippen molar-refractivity contribution in [3.05, 3.63) is 45.0 Å². The Bertz CT molecular complexity index is 975. The number of aryl methyl sites for hydroxylation is 1. The molecule has 1 aliphatic rings. The number of nitrogens with zero attached hydrogens (tertiary/aromatic N) is 2. The highest BCUT2D eigenvalue weighted by atomic mass is 32.1. The molecule has 0 saturated carbocycles. The second kappa shape index (κ2) is 6.99. The Morgan fingerprint density at radius 1 is 1.22 bits per heavy atom. The van der Waals surface area contributed by atoms with E-state index in [1.54, 1.807) is 50.4 Å². The number of para-hydroxylation sites is 2. The van der Waals surface area contributed by atoms with Crippen LogP contribution in [0.1, 0.15) is 19.5 Å². The Labute approximate surface area is 159 Å². The summed E-state index contributed by atoms with van der Waals surface area (Å²) < 4.78 is 6.35. The van der Waals surface area contributed by atoms with Crippen molar-refractivity contribution in [2.45, 2.75) is 32.9 Å². The smallest absolute Gasteiger partial charge is 0.326 e. The van der Waals surface area contributed by atoms with Gasteiger partial charge in [0.2, 0.25) is 5.91 Å². The predicted octanol–water partition coefficient (Wildman–Crippen LogP) is 1.53. The first-order valence-corrected chi connectivity index (χ1v) is 9.14. The largest absolute Gasteiger partial charge is 0.454 e. The molecule has 0 atom stereocenters. The molecule has 0 spiro atoms. The van der Waals surface area contributed by atoms with Gasteiger partial charge < -0.3 is 10.1 Å². The molecule has 142 valence electrons. The minimum absolute atomic E-state index is 0.262. The van der Waals surface area contributed by atoms with Crippen LogP contribution in [0.15, 0.2) is 34.4 Å². The van der Waals surface area contributed by atoms with Gasteiger partial charge >= 0.3 is 10.8 Å². The van der Waals surface area contributed by atoms with Crippen molar-refractivity contribution in [3.8, 4) is 0 Å². The zero-order valence-electron chi connectivity index (χ0n) is 15.1. The number of nitrogens with one attached hydrogen (secondary N) is 1. The molecule has 1 aliphatic heterocycles. The molecule has 0 bridgehead atoms. The number of amides is 2. The summed E-state index contributed by atoms with van der Waals surface area (Å²) in [6.07, 6.45) is 0. The lowest BCUT2D eigenvalue weighted by molar-refractivity contribution is -0.148. The summed E-state index contributed by atoms with van der Waals surface area (Å²) in [7, 11) is 0. The molecule has 2 amide bonds. The number of fused-ring (bicyclic) bond motifs is 1. The Hall–Kier alpha value is -2.94. The molecule has 1 aromatic carbocycles. The number of anilines is 2. The summed E-state index contributed by atoms with van der Waals surface area (Å²) >= 11 is 0.992. The highest BCUT2D eigenvalue weighted by Crippen LogP contribution is 2.36. The molecule has 0 aliphatic carbocycles. The molecule has 1 N–H and O–H groups in total. The monoisotopic (exact) mass is 389 g/mol. The molecular weight excluding hydrogens is 370 g/mol. The maximum atomic E-state index is 12.8. The fraction of sp³-hybridized carbons (Fsp3) is 0.333. The van der Waals surface area contributed by atoms with Gasteiger partial charge in [-0.15, -0.1) is 0 Å². The van der Waals surface area contributed by atoms with E-state index in [2.05, 4.69) is 5.32 Å². The summed E-state index contributed by atoms with van der Waals surface area (Å²) in [6.45, 7) is 4.16. The van der Waals surface area contributed by atoms with Crippen LogP contribution in [0.3, 0.4) is 0 Å². The fourth-order valence-corrected chi connectivity index (χ4v) is 3.61. The first-order chi connectivity index (χ1) is 12.7. The lowest BCUT2D eigenvalue weighted by Crippen LogP contribution is -2.59. The molecule has 2 heterocycles. The Balaban J connectivity index is 1.74. The van der Waals surface area contributed by atoms with Crippen molar-refractivity contribution in [2.75, 3.05) is 16.8 Å². The molecule has 2 aromatic rings. The highest BCUT2D eigenvalue weighted by molar-refractivity contribution is 7.07. The van der Waals surface area contributed by atoms with E-state index in [9.17, 15) is 19.2 Å². The highest BCUT2D eigenvalue weighted by Gasteiger charge is 2.43. The first-order valence-electron chi connectivity index (χ1n) is 8.26. The average Bonchev–Trinajstić information content (AvgIpc) is 2.92. The van der Waals surface area contributed by atoms with Gasteiger partial charge in [-0.05, 0) is 32.9 Å². The molecule has 0 unspecified atom stereocenters. The van der Waals surface area contributed by atoms with Gasteiger partial charge in [-0.1, -0.05) is 23.5 Å². The molecule has 3 rings (SSSR count). The number of hydrogen-bond donors (Lipinski definition) is 1. The third kappa shape index (κ3) is 3.50. The van der Waals surface area contributed by atoms with Crippen LogP contribution < -0.4 is 15.1 Å². The van der Waals surface area contributed by atoms with Gasteiger partial charge in [0.05, 0.1) is 11.4 Å². The minimum atomic E-state index is -1.14. The first kappa shape index (κ1) is 18.8. The zero-order valence-corrected chi connectivity index (χ0v) is 16.0. The van der Waals surface area contributed by atoms with Gasteiger partial charge in [0, 0.05) is 11.1 Å². The van der Waals surface area contributed by atoms with Crippen molar-refractivity contribution in [1.82, 2.24) is 4.57 Å². The van der Waals surface area contributed by atoms with Crippen LogP contribution in [0.25, 0.3) is 0 Å². The van der Waals surface area contributed by atoms with E-state index in [1.165, 1.54) is 9.47 Å². The second-order valence-electron chi connectivity index (χ2n) is 6.65. The van der Waals surface area contributed by atoms with Gasteiger partial charge in [-0.3, -0.25) is 28.6 Å². The number of carbonyl (C=O) groups excluding carboxylic acids is 3. The van der Waals surface area contributed by atoms with Crippen LogP contribution in [0.5, 0.6) is 0 Å². The van der Waals surface area contributed by atoms with E-state index in [-0.39, 0.29) is 17.3 Å². The number of thiazole rings is 1. The molecule has 0 radical (unpaired) electrons. The summed E-state index contributed by atoms with van der Waals surface area (Å²) in [5, 5.41) is 4.41. The SMILES string of the molecule is Cc1csc(=O)n1CC(=O)OCC(=O)N1c2ccccc2NC(=O)C1(C)C. The summed E-state index contributed by atoms with van der Waals surface area (Å²) in [5.74, 6) is -1.55. The molecule has 0 saturated heterocycles. The van der Waals surface area contributed by atoms with Crippen LogP contribution in [0.2, 0.25) is 0 Å². The quantitative estimate of drug-likeness (QED) is 0.800. The number of hydrogen-bond acceptors (Lipinski definition) is 6. The van der Waals surface area contributed by atoms with Crippen molar-refractivity contribution < 1.29 is 19.1 Å². The van der Waals surface area contributed by atoms with E-state index < -0.39 is 24.0 Å². The van der Waals surface area contributed by atoms with Crippen LogP contribution in [-0.4, -0.2) is 34.5 Å². The number of ether oxygens (including phenoxy) is 1. The second-order valence-corrected chi connectivity index (χ2v) is 7.47. The maximum Gasteiger partial charge on any atom is 0.326 e. The summed E-state index contributed by atoms with van der Waals surface area (Å²) in [6, 6.07) is 6.91. The van der Waals surface area contributed by atoms with E-state index >= 15 is 0 Å². The van der Waals surface area contributed by atoms with Crippen molar-refractivity contribution in [2.24, 2.45) is 0 Å². The topological polar surface area (TPSA) is 97.7 Å². The van der Waals surface area contributed by atoms with Gasteiger partial charge in [0.15, 0.2) is 6.61 Å². The van der Waals surface area contributed by atoms with Crippen LogP contribution in [0, 0.1) is 6.92 Å². The molecule has 1 aromatic heterocycles. The Kier molecular flexibility index (Phi) is 4.88. The van der Waals surface area contributed by atoms with Crippen molar-refractivity contribution >= 4 is 40.5 Å². The predicted molar refractivity (Wildman–Crippen MR) is 101 cm³/mol. The minimum Gasteiger partial charge on any atom is -0.454 e. The van der Waals surface area contributed by atoms with E-state index in [1.807, 2.05) is 0 Å². The fourth-order valence-electron chi connectivity index (χ4n) is 2.88. The van der Waals surface area contributed by atoms with Gasteiger partial charge in [0.1, 0.15) is 12.1 Å². The maximum absolute atomic E-state index is 12.8. The van der Waals surface area contributed by atoms with Crippen molar-refractivity contribution in [3.63, 3.8) is 0 Å². The number of esters is 1. The van der Waals surface area contributed by atoms with E-state index in [0.29, 0.717) is 17.1 Å². The third-order valence-electron chi connectivity index (χ3n) is 4.38. The lowest BCUT2D eigenvalue weighted by atomic mass is 9.96. The third-order valence-corrected chi connectivity index (χ3v) is 5.26.